The predicted octanol–water partition coefficient (Wildman–Crippen LogP) is 2.01. The van der Waals surface area contributed by atoms with Crippen LogP contribution in [0.15, 0.2) is 4.78 Å². The summed E-state index contributed by atoms with van der Waals surface area (Å²) in [5.74, 6) is 0. The molecular formula is C3H8FN3Si. The first-order valence-electron chi connectivity index (χ1n) is 2.24. The Kier molecular flexibility index (Phi) is 2.51. The molecule has 0 spiro atoms. The topological polar surface area (TPSA) is 48.8 Å². The van der Waals surface area contributed by atoms with Crippen LogP contribution < -0.4 is 0 Å². The molecule has 0 aromatic heterocycles. The van der Waals surface area contributed by atoms with Gasteiger partial charge in [0.15, 0.2) is 8.24 Å². The molecule has 0 unspecified atom stereocenters. The molecule has 0 fully saturated rings. The van der Waals surface area contributed by atoms with Gasteiger partial charge in [0.1, 0.15) is 0 Å². The van der Waals surface area contributed by atoms with Crippen molar-refractivity contribution in [3.05, 3.63) is 10.4 Å². The number of rotatable bonds is 2. The van der Waals surface area contributed by atoms with E-state index in [0.717, 1.165) is 0 Å². The average molecular weight is 133 g/mol. The summed E-state index contributed by atoms with van der Waals surface area (Å²) < 4.78 is 15.1. The lowest BCUT2D eigenvalue weighted by atomic mass is 11.8. The second-order valence-corrected chi connectivity index (χ2v) is 6.23. The Labute approximate surface area is 48.2 Å². The molecule has 0 aromatic rings. The molecule has 5 heteroatoms. The van der Waals surface area contributed by atoms with Gasteiger partial charge in [-0.2, -0.15) is 0 Å². The van der Waals surface area contributed by atoms with Crippen molar-refractivity contribution in [2.45, 2.75) is 13.1 Å². The van der Waals surface area contributed by atoms with Gasteiger partial charge in [0.05, 0.1) is 6.30 Å². The number of halogens is 1. The molecule has 0 rings (SSSR count). The van der Waals surface area contributed by atoms with Crippen molar-refractivity contribution >= 4 is 8.24 Å². The maximum atomic E-state index is 11.8. The molecule has 0 N–H and O–H groups in total. The lowest BCUT2D eigenvalue weighted by Crippen LogP contribution is -2.24. The maximum absolute atomic E-state index is 11.8. The van der Waals surface area contributed by atoms with Crippen molar-refractivity contribution in [3.8, 4) is 0 Å². The zero-order chi connectivity index (χ0) is 6.62. The Morgan fingerprint density at radius 1 is 1.75 bits per heavy atom. The van der Waals surface area contributed by atoms with Crippen molar-refractivity contribution in [3.63, 3.8) is 0 Å². The van der Waals surface area contributed by atoms with Crippen LogP contribution in [-0.4, -0.2) is 14.5 Å². The fourth-order valence-corrected chi connectivity index (χ4v) is 0.443. The van der Waals surface area contributed by atoms with Crippen molar-refractivity contribution in [1.82, 2.24) is 0 Å². The molecule has 0 saturated carbocycles. The van der Waals surface area contributed by atoms with Gasteiger partial charge >= 0.3 is 0 Å². The molecule has 0 aliphatic carbocycles. The summed E-state index contributed by atoms with van der Waals surface area (Å²) in [5.41, 5.74) is 7.86. The summed E-state index contributed by atoms with van der Waals surface area (Å²) in [4.78, 5) is 2.52. The lowest BCUT2D eigenvalue weighted by molar-refractivity contribution is 0.581. The van der Waals surface area contributed by atoms with Crippen LogP contribution in [0, 0.1) is 0 Å². The molecule has 46 valence electrons. The van der Waals surface area contributed by atoms with E-state index in [2.05, 4.69) is 9.69 Å². The summed E-state index contributed by atoms with van der Waals surface area (Å²) in [6.45, 7) is 3.35. The highest BCUT2D eigenvalue weighted by Gasteiger charge is 2.17. The van der Waals surface area contributed by atoms with E-state index >= 15 is 0 Å². The Morgan fingerprint density at radius 2 is 2.25 bits per heavy atom. The summed E-state index contributed by atoms with van der Waals surface area (Å²) in [5, 5.41) is 0. The molecule has 8 heavy (non-hydrogen) atoms. The van der Waals surface area contributed by atoms with Gasteiger partial charge in [0.2, 0.25) is 0 Å². The molecule has 0 heterocycles. The summed E-state index contributed by atoms with van der Waals surface area (Å²) in [7, 11) is -2.14. The van der Waals surface area contributed by atoms with Gasteiger partial charge in [-0.1, -0.05) is 13.1 Å². The van der Waals surface area contributed by atoms with Gasteiger partial charge in [0.25, 0.3) is 0 Å². The third kappa shape index (κ3) is 2.60. The van der Waals surface area contributed by atoms with E-state index in [0.29, 0.717) is 0 Å². The van der Waals surface area contributed by atoms with Crippen molar-refractivity contribution < 1.29 is 4.39 Å². The summed E-state index contributed by atoms with van der Waals surface area (Å²) in [6, 6.07) is 0. The Hall–Kier alpha value is -0.543. The van der Waals surface area contributed by atoms with Gasteiger partial charge < -0.3 is 0 Å². The van der Waals surface area contributed by atoms with Crippen molar-refractivity contribution in [2.24, 2.45) is 4.78 Å². The predicted molar refractivity (Wildman–Crippen MR) is 32.6 cm³/mol. The molecular weight excluding hydrogens is 125 g/mol. The molecule has 0 amide bonds. The first kappa shape index (κ1) is 7.46. The van der Waals surface area contributed by atoms with Gasteiger partial charge in [-0.3, -0.25) is 4.39 Å². The third-order valence-corrected chi connectivity index (χ3v) is 1.93. The minimum absolute atomic E-state index is 0.475. The zero-order valence-electron chi connectivity index (χ0n) is 4.93. The Balaban J connectivity index is 3.90. The molecule has 0 aliphatic rings. The first-order valence-corrected chi connectivity index (χ1v) is 5.40. The third-order valence-electron chi connectivity index (χ3n) is 0.642. The molecule has 0 aliphatic heterocycles. The van der Waals surface area contributed by atoms with Crippen LogP contribution in [0.4, 0.5) is 4.39 Å². The molecule has 0 atom stereocenters. The largest absolute Gasteiger partial charge is 0.255 e. The summed E-state index contributed by atoms with van der Waals surface area (Å²) >= 11 is 0. The number of alkyl halides is 1. The van der Waals surface area contributed by atoms with E-state index in [1.165, 1.54) is 0 Å². The molecule has 0 aromatic carbocycles. The molecule has 0 saturated heterocycles. The van der Waals surface area contributed by atoms with Gasteiger partial charge in [-0.05, 0) is 10.4 Å². The van der Waals surface area contributed by atoms with Crippen LogP contribution in [0.3, 0.4) is 0 Å². The zero-order valence-corrected chi connectivity index (χ0v) is 5.93. The number of hydrogen-bond donors (Lipinski definition) is 0. The van der Waals surface area contributed by atoms with E-state index in [9.17, 15) is 4.39 Å². The van der Waals surface area contributed by atoms with Crippen LogP contribution in [0.25, 0.3) is 10.4 Å². The van der Waals surface area contributed by atoms with Gasteiger partial charge in [-0.15, -0.1) is 4.78 Å². The quantitative estimate of drug-likeness (QED) is 0.239. The second kappa shape index (κ2) is 2.69. The molecule has 0 radical (unpaired) electrons. The molecule has 3 nitrogen and oxygen atoms in total. The van der Waals surface area contributed by atoms with Crippen LogP contribution in [0.2, 0.25) is 13.1 Å². The van der Waals surface area contributed by atoms with Gasteiger partial charge in [-0.25, -0.2) is 0 Å². The SMILES string of the molecule is C[Si](C)(CF)N=[N+]=[N-]. The van der Waals surface area contributed by atoms with E-state index in [1.54, 1.807) is 13.1 Å². The van der Waals surface area contributed by atoms with Crippen LogP contribution in [0.5, 0.6) is 0 Å². The van der Waals surface area contributed by atoms with E-state index < -0.39 is 14.5 Å². The summed E-state index contributed by atoms with van der Waals surface area (Å²) in [6.07, 6.45) is -0.475. The monoisotopic (exact) mass is 133 g/mol. The lowest BCUT2D eigenvalue weighted by Gasteiger charge is -2.05. The van der Waals surface area contributed by atoms with Crippen molar-refractivity contribution in [1.29, 1.82) is 0 Å². The highest BCUT2D eigenvalue weighted by molar-refractivity contribution is 6.75. The van der Waals surface area contributed by atoms with E-state index in [-0.39, 0.29) is 0 Å². The maximum Gasteiger partial charge on any atom is 0.184 e. The van der Waals surface area contributed by atoms with E-state index in [1.807, 2.05) is 0 Å². The van der Waals surface area contributed by atoms with Crippen molar-refractivity contribution in [2.75, 3.05) is 6.30 Å². The average Bonchev–Trinajstić information content (AvgIpc) is 1.67. The van der Waals surface area contributed by atoms with Crippen LogP contribution in [-0.2, 0) is 0 Å². The Bertz CT molecular complexity index is 118. The normalized spacial score (nSPS) is 10.4. The van der Waals surface area contributed by atoms with Crippen LogP contribution in [0.1, 0.15) is 0 Å². The first-order chi connectivity index (χ1) is 3.62. The smallest absolute Gasteiger partial charge is 0.184 e. The highest BCUT2D eigenvalue weighted by Crippen LogP contribution is 2.02. The fourth-order valence-electron chi connectivity index (χ4n) is 0.148. The minimum Gasteiger partial charge on any atom is -0.255 e. The Morgan fingerprint density at radius 3 is 2.38 bits per heavy atom. The van der Waals surface area contributed by atoms with Crippen LogP contribution >= 0.6 is 0 Å². The number of hydrogen-bond acceptors (Lipinski definition) is 1. The molecule has 0 bridgehead atoms. The fraction of sp³-hybridized carbons (Fsp3) is 1.00. The minimum atomic E-state index is -2.14. The second-order valence-electron chi connectivity index (χ2n) is 2.14. The van der Waals surface area contributed by atoms with E-state index in [4.69, 9.17) is 5.53 Å². The number of azide groups is 1. The van der Waals surface area contributed by atoms with Gasteiger partial charge in [0, 0.05) is 0 Å². The standard InChI is InChI=1S/C3H8FN3Si/c1-8(2,3-4)7-6-5/h3H2,1-2H3. The number of nitrogens with zero attached hydrogens (tertiary/aromatic N) is 3. The highest BCUT2D eigenvalue weighted by atomic mass is 28.3.